The third kappa shape index (κ3) is 15.5. The summed E-state index contributed by atoms with van der Waals surface area (Å²) in [7, 11) is 0. The number of benzene rings is 3. The van der Waals surface area contributed by atoms with Gasteiger partial charge in [0.25, 0.3) is 0 Å². The minimum atomic E-state index is 0. The van der Waals surface area contributed by atoms with Crippen LogP contribution in [0.4, 0.5) is 17.5 Å². The Morgan fingerprint density at radius 3 is 1.14 bits per heavy atom. The van der Waals surface area contributed by atoms with Crippen molar-refractivity contribution in [3.8, 4) is 52.7 Å². The van der Waals surface area contributed by atoms with E-state index < -0.39 is 0 Å². The zero-order valence-electron chi connectivity index (χ0n) is 47.5. The molecule has 6 bridgehead atoms. The summed E-state index contributed by atoms with van der Waals surface area (Å²) in [5.41, 5.74) is 5.84. The van der Waals surface area contributed by atoms with Gasteiger partial charge >= 0.3 is 0 Å². The largest absolute Gasteiger partial charge is 0.504 e. The van der Waals surface area contributed by atoms with Gasteiger partial charge in [-0.3, -0.25) is 0 Å². The van der Waals surface area contributed by atoms with E-state index in [-0.39, 0.29) is 94.8 Å². The quantitative estimate of drug-likeness (QED) is 0.0858. The number of nitrogens with two attached hydrogens (primary N) is 1. The van der Waals surface area contributed by atoms with Gasteiger partial charge in [-0.05, 0) is 163 Å². The first-order chi connectivity index (χ1) is 38.8. The molecule has 1 radical (unpaired) electrons. The molecule has 17 nitrogen and oxygen atoms in total. The van der Waals surface area contributed by atoms with Crippen molar-refractivity contribution in [3.05, 3.63) is 143 Å². The van der Waals surface area contributed by atoms with E-state index in [1.165, 1.54) is 0 Å². The molecule has 6 aromatic rings. The molecular weight excluding hydrogens is 1480 g/mol. The molecular formula is C63H69N11O6UVW. The van der Waals surface area contributed by atoms with Crippen LogP contribution in [0.5, 0.6) is 34.5 Å². The first-order valence-electron chi connectivity index (χ1n) is 27.7. The number of anilines is 3. The minimum absolute atomic E-state index is 0. The van der Waals surface area contributed by atoms with Crippen molar-refractivity contribution in [2.75, 3.05) is 54.0 Å². The zero-order chi connectivity index (χ0) is 55.9. The second-order valence-corrected chi connectivity index (χ2v) is 22.4. The predicted octanol–water partition coefficient (Wildman–Crippen LogP) is 10.4. The summed E-state index contributed by atoms with van der Waals surface area (Å²) < 4.78 is 19.1. The normalized spacial score (nSPS) is 23.0. The van der Waals surface area contributed by atoms with Crippen LogP contribution in [-0.2, 0) is 39.6 Å². The molecule has 3 aromatic carbocycles. The summed E-state index contributed by atoms with van der Waals surface area (Å²) in [5.74, 6) is 14.3. The maximum absolute atomic E-state index is 10.1. The smallest absolute Gasteiger partial charge is 0.200 e. The molecule has 427 valence electrons. The molecule has 3 aromatic heterocycles. The number of rotatable bonds is 12. The third-order valence-corrected chi connectivity index (χ3v) is 16.4. The van der Waals surface area contributed by atoms with Crippen molar-refractivity contribution in [1.82, 2.24) is 15.0 Å². The maximum Gasteiger partial charge on any atom is 0.200 e. The van der Waals surface area contributed by atoms with E-state index in [1.807, 2.05) is 120 Å². The number of piperidine rings is 3. The topological polar surface area (TPSA) is 225 Å². The molecule has 3 unspecified atom stereocenters. The Hall–Kier alpha value is -6.27. The van der Waals surface area contributed by atoms with Gasteiger partial charge in [0.2, 0.25) is 0 Å². The molecule has 3 aliphatic heterocycles. The van der Waals surface area contributed by atoms with Gasteiger partial charge in [-0.1, -0.05) is 23.4 Å². The van der Waals surface area contributed by atoms with Gasteiger partial charge in [0.15, 0.2) is 34.5 Å². The minimum Gasteiger partial charge on any atom is -0.504 e. The number of aromatic hydroxyl groups is 1. The number of fused-ring (bicyclic) bond motifs is 6. The molecule has 6 fully saturated rings. The molecule has 9 atom stereocenters. The number of nitrogens with zero attached hydrogens (tertiary/aromatic N) is 10. The second-order valence-electron chi connectivity index (χ2n) is 22.4. The van der Waals surface area contributed by atoms with E-state index in [0.717, 1.165) is 123 Å². The van der Waals surface area contributed by atoms with Crippen LogP contribution in [0.2, 0.25) is 0 Å². The molecule has 3 saturated carbocycles. The van der Waals surface area contributed by atoms with Crippen LogP contribution < -0.4 is 44.5 Å². The number of aromatic nitrogens is 3. The maximum atomic E-state index is 10.1. The first-order valence-corrected chi connectivity index (χ1v) is 27.7. The van der Waals surface area contributed by atoms with Crippen molar-refractivity contribution in [1.29, 1.82) is 15.8 Å². The number of hydrogen-bond donors (Lipinski definition) is 2. The molecule has 12 rings (SSSR count). The molecule has 0 spiro atoms. The van der Waals surface area contributed by atoms with Gasteiger partial charge in [0, 0.05) is 164 Å². The summed E-state index contributed by atoms with van der Waals surface area (Å²) in [6, 6.07) is 35.0. The standard InChI is InChI=1S/C23H26N4O2.C20H22N4O2.C20H21N3O2.U.V.W/c1-15(2)26-29-21-10-16(3)4-8-20(21)28-23-18-6-7-19(23)14-27(13-18)22-9-5-17(11-24)12-25-22;1-13-2-6-17(18(8-13)26-22)25-20-15-4-5-16(20)12-24(11-15)19-7-3-14(9-21)10-23-19;1-13-2-6-18(17(24)8-13)25-20-15-4-5-16(20)12-23(11-15)19-7-3-14(9-21)10-22-19;;;/h4-5,8-10,12,18-19,23H,6-7,13-14H2,1-3H3;2-3,6-8,10,15-16,20H,4-5,11-12,22H2,1H3;2-3,6-8,10,15-16,20,24H,4-5,11-12H2,1H3;;;/t18-,19+,23?;2*15-,16+,20?;;;. The molecule has 83 heavy (non-hydrogen) atoms. The van der Waals surface area contributed by atoms with Crippen LogP contribution in [0.25, 0.3) is 0 Å². The van der Waals surface area contributed by atoms with Gasteiger partial charge in [-0.25, -0.2) is 15.0 Å². The zero-order valence-corrected chi connectivity index (χ0v) is 56.0. The third-order valence-electron chi connectivity index (χ3n) is 16.4. The summed E-state index contributed by atoms with van der Waals surface area (Å²) in [6.07, 6.45) is 12.2. The summed E-state index contributed by atoms with van der Waals surface area (Å²) in [5, 5.41) is 41.0. The number of pyridine rings is 3. The van der Waals surface area contributed by atoms with Crippen LogP contribution in [0.1, 0.15) is 85.8 Å². The Kier molecular flexibility index (Phi) is 22.9. The number of hydrogen-bond acceptors (Lipinski definition) is 17. The van der Waals surface area contributed by atoms with E-state index in [4.69, 9.17) is 45.6 Å². The van der Waals surface area contributed by atoms with E-state index in [0.29, 0.717) is 75.2 Å². The number of phenolic OH excluding ortho intramolecular Hbond substituents is 1. The Bertz CT molecular complexity index is 3260. The van der Waals surface area contributed by atoms with Crippen LogP contribution in [-0.4, -0.2) is 83.4 Å². The summed E-state index contributed by atoms with van der Waals surface area (Å²) >= 11 is 0. The van der Waals surface area contributed by atoms with Crippen LogP contribution in [0, 0.1) is 121 Å². The molecule has 6 aliphatic rings. The molecule has 20 heteroatoms. The predicted molar refractivity (Wildman–Crippen MR) is 305 cm³/mol. The van der Waals surface area contributed by atoms with E-state index in [2.05, 4.69) is 53.0 Å². The Morgan fingerprint density at radius 1 is 0.506 bits per heavy atom. The molecule has 3 aliphatic carbocycles. The second kappa shape index (κ2) is 29.5. The van der Waals surface area contributed by atoms with Gasteiger partial charge in [-0.2, -0.15) is 21.7 Å². The van der Waals surface area contributed by atoms with E-state index in [9.17, 15) is 5.11 Å². The fourth-order valence-electron chi connectivity index (χ4n) is 12.5. The van der Waals surface area contributed by atoms with Crippen molar-refractivity contribution in [2.45, 2.75) is 91.5 Å². The molecule has 6 heterocycles. The van der Waals surface area contributed by atoms with Crippen LogP contribution in [0.3, 0.4) is 0 Å². The number of nitriles is 3. The molecule has 3 saturated heterocycles. The number of aryl methyl sites for hydroxylation is 3. The monoisotopic (exact) mass is 1550 g/mol. The van der Waals surface area contributed by atoms with Crippen molar-refractivity contribution >= 4 is 23.2 Å². The fourth-order valence-corrected chi connectivity index (χ4v) is 12.5. The Balaban J connectivity index is 0.000000176. The van der Waals surface area contributed by atoms with Gasteiger partial charge in [0.1, 0.15) is 54.0 Å². The molecule has 0 amide bonds. The van der Waals surface area contributed by atoms with Crippen molar-refractivity contribution in [3.63, 3.8) is 0 Å². The average molecular weight is 1550 g/mol. The van der Waals surface area contributed by atoms with E-state index in [1.54, 1.807) is 24.7 Å². The summed E-state index contributed by atoms with van der Waals surface area (Å²) in [6.45, 7) is 15.2. The summed E-state index contributed by atoms with van der Waals surface area (Å²) in [4.78, 5) is 30.9. The number of phenols is 1. The first kappa shape index (κ1) is 64.3. The number of ether oxygens (including phenoxy) is 3. The SMILES string of the molecule is CC(C)=NOc1cc(C)ccc1OC1[C@@H]2CC[C@H]1CN(c1ccc(C#N)cn1)C2.Cc1ccc(OC2[C@@H]3CC[C@H]2CN(c2ccc(C#N)cn2)C3)c(O)c1.Cc1ccc(OC2[C@@H]3CC[C@H]2CN(c2ccc(C#N)cn2)C3)c(ON)c1.[U].[V].[W]. The van der Waals surface area contributed by atoms with Crippen LogP contribution >= 0.6 is 0 Å². The van der Waals surface area contributed by atoms with Gasteiger partial charge < -0.3 is 43.7 Å². The van der Waals surface area contributed by atoms with Gasteiger partial charge in [-0.15, -0.1) is 0 Å². The fraction of sp³-hybridized carbons (Fsp3) is 0.413. The average Bonchev–Trinajstić information content (AvgIpc) is 4.11. The van der Waals surface area contributed by atoms with Gasteiger partial charge in [0.05, 0.1) is 22.4 Å². The van der Waals surface area contributed by atoms with Crippen molar-refractivity contribution in [2.24, 2.45) is 46.6 Å². The Labute approximate surface area is 537 Å². The molecule has 3 N–H and O–H groups in total. The number of oxime groups is 1. The Morgan fingerprint density at radius 2 is 0.831 bits per heavy atom. The van der Waals surface area contributed by atoms with Crippen LogP contribution in [0.15, 0.2) is 115 Å². The van der Waals surface area contributed by atoms with Crippen molar-refractivity contribution < 1.29 is 99.7 Å². The van der Waals surface area contributed by atoms with E-state index >= 15 is 0 Å².